The number of aromatic nitrogens is 5. The fourth-order valence-corrected chi connectivity index (χ4v) is 2.95. The lowest BCUT2D eigenvalue weighted by Gasteiger charge is -2.08. The summed E-state index contributed by atoms with van der Waals surface area (Å²) in [5.41, 5.74) is 2.50. The number of carbonyl (C=O) groups excluding carboxylic acids is 1. The van der Waals surface area contributed by atoms with Gasteiger partial charge in [0.1, 0.15) is 6.54 Å². The van der Waals surface area contributed by atoms with Crippen molar-refractivity contribution in [1.29, 1.82) is 0 Å². The molecule has 4 rings (SSSR count). The number of hydrogen-bond acceptors (Lipinski definition) is 5. The van der Waals surface area contributed by atoms with Crippen molar-refractivity contribution in [1.82, 2.24) is 24.3 Å². The van der Waals surface area contributed by atoms with Gasteiger partial charge in [0, 0.05) is 12.4 Å². The van der Waals surface area contributed by atoms with Crippen LogP contribution in [-0.2, 0) is 18.4 Å². The largest absolute Gasteiger partial charge is 0.323 e. The SMILES string of the molecule is Cc1nn(C)c2ncc(NC(=O)Cn3cnc4ccccc4c3=O)cc12. The molecule has 1 N–H and O–H groups in total. The fourth-order valence-electron chi connectivity index (χ4n) is 2.95. The average Bonchev–Trinajstić information content (AvgIpc) is 2.91. The predicted molar refractivity (Wildman–Crippen MR) is 97.9 cm³/mol. The maximum atomic E-state index is 12.5. The number of nitrogens with zero attached hydrogens (tertiary/aromatic N) is 5. The number of para-hydroxylation sites is 1. The van der Waals surface area contributed by atoms with E-state index in [1.54, 1.807) is 29.1 Å². The Balaban J connectivity index is 1.58. The highest BCUT2D eigenvalue weighted by molar-refractivity contribution is 5.93. The lowest BCUT2D eigenvalue weighted by molar-refractivity contribution is -0.116. The van der Waals surface area contributed by atoms with Crippen LogP contribution in [-0.4, -0.2) is 30.2 Å². The zero-order valence-electron chi connectivity index (χ0n) is 14.3. The maximum absolute atomic E-state index is 12.5. The van der Waals surface area contributed by atoms with Gasteiger partial charge in [-0.3, -0.25) is 18.8 Å². The first-order valence-electron chi connectivity index (χ1n) is 8.06. The van der Waals surface area contributed by atoms with Gasteiger partial charge in [-0.15, -0.1) is 0 Å². The summed E-state index contributed by atoms with van der Waals surface area (Å²) < 4.78 is 2.98. The smallest absolute Gasteiger partial charge is 0.261 e. The van der Waals surface area contributed by atoms with Crippen molar-refractivity contribution in [2.24, 2.45) is 7.05 Å². The van der Waals surface area contributed by atoms with Gasteiger partial charge in [0.15, 0.2) is 5.65 Å². The molecule has 0 radical (unpaired) electrons. The van der Waals surface area contributed by atoms with E-state index in [0.717, 1.165) is 16.7 Å². The van der Waals surface area contributed by atoms with Crippen LogP contribution in [0.5, 0.6) is 0 Å². The summed E-state index contributed by atoms with van der Waals surface area (Å²) in [5.74, 6) is -0.327. The number of nitrogens with one attached hydrogen (secondary N) is 1. The molecule has 0 spiro atoms. The van der Waals surface area contributed by atoms with E-state index < -0.39 is 0 Å². The van der Waals surface area contributed by atoms with E-state index in [4.69, 9.17) is 0 Å². The second kappa shape index (κ2) is 6.07. The van der Waals surface area contributed by atoms with E-state index in [-0.39, 0.29) is 18.0 Å². The molecule has 0 aliphatic heterocycles. The van der Waals surface area contributed by atoms with Crippen molar-refractivity contribution in [3.63, 3.8) is 0 Å². The first-order chi connectivity index (χ1) is 12.5. The van der Waals surface area contributed by atoms with Crippen molar-refractivity contribution >= 4 is 33.5 Å². The van der Waals surface area contributed by atoms with Gasteiger partial charge in [-0.25, -0.2) is 9.97 Å². The van der Waals surface area contributed by atoms with Crippen LogP contribution in [0.15, 0.2) is 47.7 Å². The zero-order valence-corrected chi connectivity index (χ0v) is 14.3. The van der Waals surface area contributed by atoms with Crippen LogP contribution in [0.4, 0.5) is 5.69 Å². The number of hydrogen-bond donors (Lipinski definition) is 1. The Bertz CT molecular complexity index is 1210. The van der Waals surface area contributed by atoms with Crippen LogP contribution in [0.2, 0.25) is 0 Å². The number of rotatable bonds is 3. The average molecular weight is 348 g/mol. The summed E-state index contributed by atoms with van der Waals surface area (Å²) in [4.78, 5) is 33.3. The van der Waals surface area contributed by atoms with E-state index in [2.05, 4.69) is 20.4 Å². The molecule has 1 aromatic carbocycles. The quantitative estimate of drug-likeness (QED) is 0.607. The van der Waals surface area contributed by atoms with Gasteiger partial charge in [-0.2, -0.15) is 5.10 Å². The monoisotopic (exact) mass is 348 g/mol. The normalized spacial score (nSPS) is 11.2. The minimum atomic E-state index is -0.327. The van der Waals surface area contributed by atoms with Gasteiger partial charge < -0.3 is 5.32 Å². The van der Waals surface area contributed by atoms with E-state index in [1.165, 1.54) is 10.9 Å². The lowest BCUT2D eigenvalue weighted by atomic mass is 10.2. The van der Waals surface area contributed by atoms with Crippen LogP contribution in [0.1, 0.15) is 5.69 Å². The highest BCUT2D eigenvalue weighted by atomic mass is 16.2. The summed E-state index contributed by atoms with van der Waals surface area (Å²) >= 11 is 0. The molecule has 0 fully saturated rings. The molecule has 3 heterocycles. The van der Waals surface area contributed by atoms with Gasteiger partial charge in [0.05, 0.1) is 34.8 Å². The van der Waals surface area contributed by atoms with Crippen molar-refractivity contribution < 1.29 is 4.79 Å². The third-order valence-electron chi connectivity index (χ3n) is 4.19. The molecule has 0 aliphatic carbocycles. The van der Waals surface area contributed by atoms with E-state index in [9.17, 15) is 9.59 Å². The molecule has 1 amide bonds. The van der Waals surface area contributed by atoms with Crippen molar-refractivity contribution in [3.8, 4) is 0 Å². The summed E-state index contributed by atoms with van der Waals surface area (Å²) in [5, 5.41) is 8.43. The molecule has 8 heteroatoms. The Morgan fingerprint density at radius 3 is 2.85 bits per heavy atom. The molecule has 0 aliphatic rings. The topological polar surface area (TPSA) is 94.7 Å². The standard InChI is InChI=1S/C18H16N6O2/c1-11-14-7-12(8-19-17(14)23(2)22-11)21-16(25)9-24-10-20-15-6-4-3-5-13(15)18(24)26/h3-8,10H,9H2,1-2H3,(H,21,25). The molecule has 0 bridgehead atoms. The molecule has 26 heavy (non-hydrogen) atoms. The third-order valence-corrected chi connectivity index (χ3v) is 4.19. The summed E-state index contributed by atoms with van der Waals surface area (Å²) in [6, 6.07) is 8.87. The number of aryl methyl sites for hydroxylation is 2. The van der Waals surface area contributed by atoms with Crippen molar-refractivity contribution in [2.75, 3.05) is 5.32 Å². The van der Waals surface area contributed by atoms with Crippen LogP contribution in [0.3, 0.4) is 0 Å². The predicted octanol–water partition coefficient (Wildman–Crippen LogP) is 1.63. The minimum Gasteiger partial charge on any atom is -0.323 e. The highest BCUT2D eigenvalue weighted by Crippen LogP contribution is 2.19. The molecule has 0 atom stereocenters. The van der Waals surface area contributed by atoms with Crippen molar-refractivity contribution in [2.45, 2.75) is 13.5 Å². The Morgan fingerprint density at radius 1 is 1.19 bits per heavy atom. The first kappa shape index (κ1) is 15.9. The molecule has 0 saturated heterocycles. The Kier molecular flexibility index (Phi) is 3.72. The van der Waals surface area contributed by atoms with Gasteiger partial charge in [-0.05, 0) is 25.1 Å². The van der Waals surface area contributed by atoms with E-state index in [1.807, 2.05) is 26.1 Å². The summed E-state index contributed by atoms with van der Waals surface area (Å²) in [7, 11) is 1.82. The molecule has 0 saturated carbocycles. The lowest BCUT2D eigenvalue weighted by Crippen LogP contribution is -2.27. The van der Waals surface area contributed by atoms with Gasteiger partial charge in [0.2, 0.25) is 5.91 Å². The molecule has 130 valence electrons. The van der Waals surface area contributed by atoms with Crippen LogP contribution in [0.25, 0.3) is 21.9 Å². The van der Waals surface area contributed by atoms with Crippen LogP contribution < -0.4 is 10.9 Å². The summed E-state index contributed by atoms with van der Waals surface area (Å²) in [6.07, 6.45) is 2.96. The summed E-state index contributed by atoms with van der Waals surface area (Å²) in [6.45, 7) is 1.76. The number of carbonyl (C=O) groups is 1. The molecule has 3 aromatic heterocycles. The van der Waals surface area contributed by atoms with Gasteiger partial charge in [0.25, 0.3) is 5.56 Å². The molecule has 0 unspecified atom stereocenters. The zero-order chi connectivity index (χ0) is 18.3. The van der Waals surface area contributed by atoms with Crippen LogP contribution >= 0.6 is 0 Å². The fraction of sp³-hybridized carbons (Fsp3) is 0.167. The molecular formula is C18H16N6O2. The second-order valence-electron chi connectivity index (χ2n) is 6.05. The minimum absolute atomic E-state index is 0.124. The molecular weight excluding hydrogens is 332 g/mol. The van der Waals surface area contributed by atoms with Gasteiger partial charge in [-0.1, -0.05) is 12.1 Å². The second-order valence-corrected chi connectivity index (χ2v) is 6.05. The van der Waals surface area contributed by atoms with E-state index in [0.29, 0.717) is 16.6 Å². The number of anilines is 1. The maximum Gasteiger partial charge on any atom is 0.261 e. The van der Waals surface area contributed by atoms with Crippen molar-refractivity contribution in [3.05, 3.63) is 58.9 Å². The van der Waals surface area contributed by atoms with Gasteiger partial charge >= 0.3 is 0 Å². The number of benzene rings is 1. The van der Waals surface area contributed by atoms with Crippen LogP contribution in [0, 0.1) is 6.92 Å². The Labute approximate surface area is 148 Å². The number of amides is 1. The third kappa shape index (κ3) is 2.71. The number of pyridine rings is 1. The molecule has 8 nitrogen and oxygen atoms in total. The number of fused-ring (bicyclic) bond motifs is 2. The van der Waals surface area contributed by atoms with E-state index >= 15 is 0 Å². The molecule has 4 aromatic rings. The highest BCUT2D eigenvalue weighted by Gasteiger charge is 2.11. The Hall–Kier alpha value is -3.55. The Morgan fingerprint density at radius 2 is 2.00 bits per heavy atom. The first-order valence-corrected chi connectivity index (χ1v) is 8.06.